The Hall–Kier alpha value is -1.88. The molecule has 2 aromatic rings. The molecule has 0 bridgehead atoms. The van der Waals surface area contributed by atoms with E-state index in [1.54, 1.807) is 0 Å². The summed E-state index contributed by atoms with van der Waals surface area (Å²) in [4.78, 5) is 14.8. The number of carbonyl (C=O) groups excluding carboxylic acids is 1. The van der Waals surface area contributed by atoms with Gasteiger partial charge in [0.25, 0.3) is 0 Å². The monoisotopic (exact) mass is 419 g/mol. The van der Waals surface area contributed by atoms with E-state index in [0.717, 1.165) is 30.8 Å². The molecule has 1 N–H and O–H groups in total. The van der Waals surface area contributed by atoms with Crippen molar-refractivity contribution in [1.29, 1.82) is 0 Å². The van der Waals surface area contributed by atoms with E-state index in [2.05, 4.69) is 13.8 Å². The average Bonchev–Trinajstić information content (AvgIpc) is 2.75. The van der Waals surface area contributed by atoms with E-state index < -0.39 is 5.60 Å². The molecule has 160 valence electrons. The summed E-state index contributed by atoms with van der Waals surface area (Å²) in [5, 5.41) is 0. The minimum absolute atomic E-state index is 0. The van der Waals surface area contributed by atoms with Gasteiger partial charge in [-0.25, -0.2) is 4.79 Å². The summed E-state index contributed by atoms with van der Waals surface area (Å²) >= 11 is 0. The normalized spacial score (nSPS) is 12.1. The van der Waals surface area contributed by atoms with Crippen molar-refractivity contribution in [2.75, 3.05) is 32.8 Å². The van der Waals surface area contributed by atoms with Gasteiger partial charge in [0.1, 0.15) is 13.2 Å². The Morgan fingerprint density at radius 1 is 0.897 bits per heavy atom. The van der Waals surface area contributed by atoms with E-state index in [4.69, 9.17) is 9.47 Å². The van der Waals surface area contributed by atoms with Crippen molar-refractivity contribution in [2.45, 2.75) is 39.2 Å². The van der Waals surface area contributed by atoms with E-state index in [-0.39, 0.29) is 18.4 Å². The molecule has 5 heteroatoms. The van der Waals surface area contributed by atoms with Gasteiger partial charge in [0.15, 0.2) is 0 Å². The Morgan fingerprint density at radius 2 is 1.45 bits per heavy atom. The summed E-state index contributed by atoms with van der Waals surface area (Å²) in [6, 6.07) is 19.3. The highest BCUT2D eigenvalue weighted by Gasteiger charge is 2.44. The number of nitrogens with one attached hydrogen (secondary N) is 1. The Morgan fingerprint density at radius 3 is 1.90 bits per heavy atom. The number of benzene rings is 2. The molecule has 0 aliphatic carbocycles. The molecular formula is C24H34ClNO3. The number of unbranched alkanes of at least 4 members (excludes halogenated alkanes) is 1. The first-order chi connectivity index (χ1) is 13.7. The van der Waals surface area contributed by atoms with Crippen molar-refractivity contribution in [2.24, 2.45) is 0 Å². The zero-order chi connectivity index (χ0) is 20.2. The fourth-order valence-electron chi connectivity index (χ4n) is 3.49. The van der Waals surface area contributed by atoms with Crippen LogP contribution in [0.1, 0.15) is 44.7 Å². The average molecular weight is 420 g/mol. The third kappa shape index (κ3) is 6.56. The number of halogens is 1. The molecule has 1 atom stereocenters. The first-order valence-corrected chi connectivity index (χ1v) is 10.4. The number of esters is 1. The van der Waals surface area contributed by atoms with E-state index in [9.17, 15) is 4.79 Å². The van der Waals surface area contributed by atoms with Crippen molar-refractivity contribution in [1.82, 2.24) is 0 Å². The van der Waals surface area contributed by atoms with Crippen LogP contribution >= 0.6 is 0 Å². The van der Waals surface area contributed by atoms with Crippen molar-refractivity contribution in [3.8, 4) is 0 Å². The third-order valence-electron chi connectivity index (χ3n) is 5.08. The van der Waals surface area contributed by atoms with Gasteiger partial charge >= 0.3 is 5.97 Å². The lowest BCUT2D eigenvalue weighted by Gasteiger charge is -2.32. The Balaban J connectivity index is 0.00000420. The van der Waals surface area contributed by atoms with Gasteiger partial charge in [0.2, 0.25) is 5.60 Å². The van der Waals surface area contributed by atoms with Crippen LogP contribution in [0.2, 0.25) is 0 Å². The molecular weight excluding hydrogens is 386 g/mol. The summed E-state index contributed by atoms with van der Waals surface area (Å²) in [5.41, 5.74) is 0.338. The van der Waals surface area contributed by atoms with Gasteiger partial charge in [0, 0.05) is 6.61 Å². The molecule has 0 aliphatic heterocycles. The fourth-order valence-corrected chi connectivity index (χ4v) is 3.49. The maximum absolute atomic E-state index is 13.4. The minimum Gasteiger partial charge on any atom is -1.00 e. The Bertz CT molecular complexity index is 654. The first kappa shape index (κ1) is 25.2. The summed E-state index contributed by atoms with van der Waals surface area (Å²) in [6.45, 7) is 10.0. The molecule has 4 nitrogen and oxygen atoms in total. The molecule has 2 rings (SSSR count). The lowest BCUT2D eigenvalue weighted by Crippen LogP contribution is -3.12. The molecule has 2 aromatic carbocycles. The predicted octanol–water partition coefficient (Wildman–Crippen LogP) is 0.219. The summed E-state index contributed by atoms with van der Waals surface area (Å²) in [6.07, 6.45) is 2.37. The molecule has 0 aromatic heterocycles. The molecule has 0 saturated heterocycles. The van der Waals surface area contributed by atoms with Gasteiger partial charge in [-0.3, -0.25) is 0 Å². The number of ether oxygens (including phenoxy) is 2. The van der Waals surface area contributed by atoms with Crippen molar-refractivity contribution in [3.05, 3.63) is 71.8 Å². The highest BCUT2D eigenvalue weighted by Crippen LogP contribution is 2.35. The summed E-state index contributed by atoms with van der Waals surface area (Å²) in [5.74, 6) is -0.349. The quantitative estimate of drug-likeness (QED) is 0.500. The van der Waals surface area contributed by atoms with Gasteiger partial charge in [-0.15, -0.1) is 0 Å². The van der Waals surface area contributed by atoms with E-state index in [1.165, 1.54) is 17.7 Å². The van der Waals surface area contributed by atoms with Gasteiger partial charge < -0.3 is 26.8 Å². The second kappa shape index (κ2) is 13.4. The minimum atomic E-state index is -1.24. The van der Waals surface area contributed by atoms with Gasteiger partial charge in [0.05, 0.1) is 13.1 Å². The first-order valence-electron chi connectivity index (χ1n) is 10.4. The van der Waals surface area contributed by atoms with Crippen LogP contribution in [-0.2, 0) is 19.9 Å². The Labute approximate surface area is 181 Å². The van der Waals surface area contributed by atoms with Gasteiger partial charge in [-0.2, -0.15) is 0 Å². The lowest BCUT2D eigenvalue weighted by atomic mass is 9.86. The molecule has 29 heavy (non-hydrogen) atoms. The standard InChI is InChI=1S/C24H33NO3.ClH/c1-4-7-18-25(5-2)19-20-27-23(26)24(28-6-3,21-14-10-8-11-15-21)22-16-12-9-13-17-22;/h8-17H,4-7,18-20H2,1-3H3;1H. The van der Waals surface area contributed by atoms with Crippen LogP contribution in [0.15, 0.2) is 60.7 Å². The molecule has 0 aliphatic rings. The predicted molar refractivity (Wildman–Crippen MR) is 112 cm³/mol. The molecule has 0 radical (unpaired) electrons. The van der Waals surface area contributed by atoms with Crippen LogP contribution in [0, 0.1) is 0 Å². The van der Waals surface area contributed by atoms with Crippen molar-refractivity contribution >= 4 is 5.97 Å². The molecule has 0 saturated carbocycles. The fraction of sp³-hybridized carbons (Fsp3) is 0.458. The zero-order valence-corrected chi connectivity index (χ0v) is 18.6. The molecule has 0 amide bonds. The van der Waals surface area contributed by atoms with Gasteiger partial charge in [-0.05, 0) is 31.4 Å². The van der Waals surface area contributed by atoms with E-state index in [1.807, 2.05) is 67.6 Å². The van der Waals surface area contributed by atoms with Crippen LogP contribution in [0.25, 0.3) is 0 Å². The SMILES string of the molecule is CCCC[NH+](CC)CCOC(=O)C(OCC)(c1ccccc1)c1ccccc1.[Cl-]. The molecule has 0 fully saturated rings. The largest absolute Gasteiger partial charge is 1.00 e. The maximum Gasteiger partial charge on any atom is 0.348 e. The second-order valence-corrected chi connectivity index (χ2v) is 6.94. The number of hydrogen-bond acceptors (Lipinski definition) is 3. The van der Waals surface area contributed by atoms with Crippen LogP contribution in [0.3, 0.4) is 0 Å². The van der Waals surface area contributed by atoms with Crippen molar-refractivity contribution < 1.29 is 31.6 Å². The zero-order valence-electron chi connectivity index (χ0n) is 17.8. The molecule has 1 unspecified atom stereocenters. The number of quaternary nitrogens is 1. The maximum atomic E-state index is 13.4. The van der Waals surface area contributed by atoms with Crippen molar-refractivity contribution in [3.63, 3.8) is 0 Å². The highest BCUT2D eigenvalue weighted by molar-refractivity contribution is 5.85. The number of rotatable bonds is 12. The number of likely N-dealkylation sites (N-methyl/N-ethyl adjacent to an activating group) is 1. The second-order valence-electron chi connectivity index (χ2n) is 6.94. The van der Waals surface area contributed by atoms with E-state index in [0.29, 0.717) is 13.2 Å². The molecule has 0 heterocycles. The topological polar surface area (TPSA) is 40.0 Å². The van der Waals surface area contributed by atoms with Crippen LogP contribution < -0.4 is 17.3 Å². The van der Waals surface area contributed by atoms with Crippen LogP contribution in [0.4, 0.5) is 0 Å². The third-order valence-corrected chi connectivity index (χ3v) is 5.08. The highest BCUT2D eigenvalue weighted by atomic mass is 35.5. The van der Waals surface area contributed by atoms with Crippen LogP contribution in [0.5, 0.6) is 0 Å². The van der Waals surface area contributed by atoms with E-state index >= 15 is 0 Å². The van der Waals surface area contributed by atoms with Gasteiger partial charge in [-0.1, -0.05) is 74.0 Å². The lowest BCUT2D eigenvalue weighted by molar-refractivity contribution is -0.898. The van der Waals surface area contributed by atoms with Crippen LogP contribution in [-0.4, -0.2) is 38.8 Å². The Kier molecular flexibility index (Phi) is 11.6. The molecule has 0 spiro atoms. The summed E-state index contributed by atoms with van der Waals surface area (Å²) in [7, 11) is 0. The summed E-state index contributed by atoms with van der Waals surface area (Å²) < 4.78 is 11.9. The number of hydrogen-bond donors (Lipinski definition) is 1. The smallest absolute Gasteiger partial charge is 0.348 e. The number of carbonyl (C=O) groups is 1.